The summed E-state index contributed by atoms with van der Waals surface area (Å²) >= 11 is 3.39. The Bertz CT molecular complexity index is 3380. The molecule has 7 nitrogen and oxygen atoms in total. The maximum absolute atomic E-state index is 5.11. The third-order valence-electron chi connectivity index (χ3n) is 11.0. The zero-order valence-electron chi connectivity index (χ0n) is 31.2. The third-order valence-corrected chi connectivity index (χ3v) is 13.1. The fourth-order valence-corrected chi connectivity index (χ4v) is 10.0. The molecule has 0 unspecified atom stereocenters. The van der Waals surface area contributed by atoms with E-state index in [1.165, 1.54) is 32.7 Å². The van der Waals surface area contributed by atoms with Crippen molar-refractivity contribution >= 4 is 75.7 Å². The Morgan fingerprint density at radius 1 is 0.407 bits per heavy atom. The molecule has 0 aliphatic rings. The minimum absolute atomic E-state index is 0.846. The predicted molar refractivity (Wildman–Crippen MR) is 243 cm³/mol. The van der Waals surface area contributed by atoms with Gasteiger partial charge in [0.1, 0.15) is 10.0 Å². The second-order valence-electron chi connectivity index (χ2n) is 14.5. The number of hydrogen-bond acceptors (Lipinski definition) is 8. The van der Waals surface area contributed by atoms with Crippen molar-refractivity contribution in [2.75, 3.05) is 0 Å². The highest BCUT2D eigenvalue weighted by Gasteiger charge is 2.18. The average Bonchev–Trinajstić information content (AvgIpc) is 4.02. The highest BCUT2D eigenvalue weighted by Crippen LogP contribution is 2.41. The Balaban J connectivity index is 1.00. The van der Waals surface area contributed by atoms with E-state index in [4.69, 9.17) is 9.97 Å². The van der Waals surface area contributed by atoms with Crippen molar-refractivity contribution < 1.29 is 0 Å². The maximum atomic E-state index is 5.11. The second kappa shape index (κ2) is 13.6. The molecule has 0 fully saturated rings. The van der Waals surface area contributed by atoms with E-state index in [-0.39, 0.29) is 0 Å². The fraction of sp³-hybridized carbons (Fsp3) is 0. The number of rotatable bonds is 6. The van der Waals surface area contributed by atoms with Crippen LogP contribution in [-0.2, 0) is 0 Å². The van der Waals surface area contributed by atoms with E-state index in [9.17, 15) is 0 Å². The number of aromatic nitrogens is 7. The number of fused-ring (bicyclic) bond motifs is 6. The Hall–Kier alpha value is -7.46. The summed E-state index contributed by atoms with van der Waals surface area (Å²) in [6.07, 6.45) is 10.4. The van der Waals surface area contributed by atoms with Crippen LogP contribution < -0.4 is 0 Å². The van der Waals surface area contributed by atoms with Gasteiger partial charge in [-0.1, -0.05) is 84.9 Å². The number of hydrogen-bond donors (Lipinski definition) is 0. The molecule has 0 bridgehead atoms. The van der Waals surface area contributed by atoms with Crippen LogP contribution in [0.4, 0.5) is 0 Å². The van der Waals surface area contributed by atoms with Crippen molar-refractivity contribution in [1.29, 1.82) is 0 Å². The van der Waals surface area contributed by atoms with Crippen molar-refractivity contribution in [1.82, 2.24) is 34.5 Å². The first-order valence-corrected chi connectivity index (χ1v) is 20.8. The third kappa shape index (κ3) is 5.86. The fourth-order valence-electron chi connectivity index (χ4n) is 8.05. The molecule has 0 radical (unpaired) electrons. The van der Waals surface area contributed by atoms with Gasteiger partial charge < -0.3 is 4.57 Å². The highest BCUT2D eigenvalue weighted by molar-refractivity contribution is 7.22. The molecule has 0 saturated carbocycles. The van der Waals surface area contributed by atoms with Crippen LogP contribution in [-0.4, -0.2) is 34.5 Å². The molecular weight excluding hydrogens is 763 g/mol. The molecular formula is C50H29N7S2. The highest BCUT2D eigenvalue weighted by atomic mass is 32.1. The Labute approximate surface area is 345 Å². The van der Waals surface area contributed by atoms with Crippen molar-refractivity contribution in [2.45, 2.75) is 0 Å². The molecule has 0 saturated heterocycles. The van der Waals surface area contributed by atoms with E-state index in [2.05, 4.69) is 164 Å². The summed E-state index contributed by atoms with van der Waals surface area (Å²) in [5, 5.41) is 6.77. The van der Waals surface area contributed by atoms with E-state index >= 15 is 0 Å². The summed E-state index contributed by atoms with van der Waals surface area (Å²) in [4.78, 5) is 27.8. The van der Waals surface area contributed by atoms with Gasteiger partial charge in [0, 0.05) is 63.5 Å². The lowest BCUT2D eigenvalue weighted by molar-refractivity contribution is 1.18. The largest absolute Gasteiger partial charge is 0.309 e. The van der Waals surface area contributed by atoms with Gasteiger partial charge in [0.15, 0.2) is 0 Å². The van der Waals surface area contributed by atoms with Gasteiger partial charge in [-0.2, -0.15) is 0 Å². The Kier molecular flexibility index (Phi) is 7.75. The van der Waals surface area contributed by atoms with Crippen LogP contribution in [0.25, 0.3) is 113 Å². The number of benzene rings is 7. The first-order valence-electron chi connectivity index (χ1n) is 19.2. The van der Waals surface area contributed by atoms with Gasteiger partial charge in [-0.15, -0.1) is 22.7 Å². The second-order valence-corrected chi connectivity index (χ2v) is 16.6. The van der Waals surface area contributed by atoms with Crippen molar-refractivity contribution in [3.63, 3.8) is 0 Å². The number of nitrogens with zero attached hydrogens (tertiary/aromatic N) is 7. The Morgan fingerprint density at radius 3 is 1.49 bits per heavy atom. The molecule has 12 rings (SSSR count). The topological polar surface area (TPSA) is 82.3 Å². The van der Waals surface area contributed by atoms with Gasteiger partial charge in [-0.05, 0) is 76.5 Å². The molecule has 0 amide bonds. The molecule has 5 heterocycles. The van der Waals surface area contributed by atoms with E-state index in [1.54, 1.807) is 59.9 Å². The molecule has 0 aliphatic carbocycles. The zero-order chi connectivity index (χ0) is 38.9. The molecule has 5 aromatic heterocycles. The van der Waals surface area contributed by atoms with Crippen molar-refractivity contribution in [3.8, 4) is 60.5 Å². The molecule has 9 heteroatoms. The molecule has 0 aliphatic heterocycles. The molecule has 7 aromatic carbocycles. The van der Waals surface area contributed by atoms with Crippen LogP contribution in [0.5, 0.6) is 0 Å². The van der Waals surface area contributed by atoms with Crippen LogP contribution in [0.1, 0.15) is 0 Å². The first kappa shape index (κ1) is 33.7. The minimum Gasteiger partial charge on any atom is -0.309 e. The molecule has 0 atom stereocenters. The zero-order valence-corrected chi connectivity index (χ0v) is 32.8. The first-order chi connectivity index (χ1) is 29.2. The van der Waals surface area contributed by atoms with Gasteiger partial charge in [0.25, 0.3) is 0 Å². The summed E-state index contributed by atoms with van der Waals surface area (Å²) in [7, 11) is 0. The van der Waals surface area contributed by atoms with Crippen LogP contribution in [0.2, 0.25) is 0 Å². The van der Waals surface area contributed by atoms with Crippen LogP contribution >= 0.6 is 22.7 Å². The van der Waals surface area contributed by atoms with Crippen LogP contribution in [0, 0.1) is 0 Å². The van der Waals surface area contributed by atoms with Gasteiger partial charge in [0.2, 0.25) is 0 Å². The molecule has 0 N–H and O–H groups in total. The summed E-state index contributed by atoms with van der Waals surface area (Å²) in [5.74, 6) is 0. The molecule has 276 valence electrons. The van der Waals surface area contributed by atoms with E-state index in [0.29, 0.717) is 0 Å². The van der Waals surface area contributed by atoms with Crippen molar-refractivity contribution in [3.05, 3.63) is 177 Å². The lowest BCUT2D eigenvalue weighted by atomic mass is 10.0. The van der Waals surface area contributed by atoms with Gasteiger partial charge >= 0.3 is 0 Å². The monoisotopic (exact) mass is 791 g/mol. The van der Waals surface area contributed by atoms with Gasteiger partial charge in [0.05, 0.1) is 55.2 Å². The normalized spacial score (nSPS) is 11.7. The van der Waals surface area contributed by atoms with Crippen LogP contribution in [0.15, 0.2) is 177 Å². The minimum atomic E-state index is 0.846. The van der Waals surface area contributed by atoms with Gasteiger partial charge in [-0.3, -0.25) is 19.9 Å². The summed E-state index contributed by atoms with van der Waals surface area (Å²) < 4.78 is 4.61. The van der Waals surface area contributed by atoms with E-state index in [0.717, 1.165) is 80.8 Å². The summed E-state index contributed by atoms with van der Waals surface area (Å²) in [6, 6.07) is 50.2. The van der Waals surface area contributed by atoms with Crippen LogP contribution in [0.3, 0.4) is 0 Å². The molecule has 0 spiro atoms. The smallest absolute Gasteiger partial charge is 0.124 e. The Morgan fingerprint density at radius 2 is 0.932 bits per heavy atom. The lowest BCUT2D eigenvalue weighted by Gasteiger charge is -2.11. The summed E-state index contributed by atoms with van der Waals surface area (Å²) in [6.45, 7) is 0. The SMILES string of the molecule is c1ccc2cc(-c3ccc(-n4c5cc(-c6nc7ccc(-c8cnccn8)cc7s6)ccc5c5ccc(-c6nc7ccc(-c8cnccn8)cc7s6)cc54)cc3)ccc2c1. The summed E-state index contributed by atoms with van der Waals surface area (Å²) in [5.41, 5.74) is 13.5. The molecule has 12 aromatic rings. The average molecular weight is 792 g/mol. The quantitative estimate of drug-likeness (QED) is 0.167. The van der Waals surface area contributed by atoms with Gasteiger partial charge in [-0.25, -0.2) is 9.97 Å². The van der Waals surface area contributed by atoms with E-state index < -0.39 is 0 Å². The number of thiazole rings is 2. The standard InChI is InChI=1S/C50H29N7S2/c1-2-4-32-23-33(6-5-30(32)3-1)31-7-13-38(14-8-31)57-45-24-36(49-55-41-17-11-34(26-47(41)58-49)43-28-51-19-21-53-43)9-15-39(45)40-16-10-37(25-46(40)57)50-56-42-18-12-35(27-48(42)59-50)44-29-52-20-22-54-44/h1-29H. The van der Waals surface area contributed by atoms with E-state index in [1.807, 2.05) is 0 Å². The predicted octanol–water partition coefficient (Wildman–Crippen LogP) is 13.1. The maximum Gasteiger partial charge on any atom is 0.124 e. The lowest BCUT2D eigenvalue weighted by Crippen LogP contribution is -1.94. The molecule has 59 heavy (non-hydrogen) atoms. The van der Waals surface area contributed by atoms with Crippen molar-refractivity contribution in [2.24, 2.45) is 0 Å².